The summed E-state index contributed by atoms with van der Waals surface area (Å²) in [6, 6.07) is 16.8. The van der Waals surface area contributed by atoms with Gasteiger partial charge in [0.1, 0.15) is 67.2 Å². The topological polar surface area (TPSA) is 390 Å². The number of ether oxygens (including phenoxy) is 7. The first-order chi connectivity index (χ1) is 31.0. The lowest BCUT2D eigenvalue weighted by molar-refractivity contribution is -0.348. The second-order valence-corrected chi connectivity index (χ2v) is 15.3. The third-order valence-corrected chi connectivity index (χ3v) is 10.7. The molecule has 14 atom stereocenters. The highest BCUT2D eigenvalue weighted by Gasteiger charge is 2.57. The van der Waals surface area contributed by atoms with Gasteiger partial charge in [0.05, 0.1) is 50.9 Å². The Kier molecular flexibility index (Phi) is 19.0. The molecule has 65 heavy (non-hydrogen) atoms. The molecule has 0 saturated carbocycles. The molecule has 3 aromatic rings. The lowest BCUT2D eigenvalue weighted by Crippen LogP contribution is -2.68. The van der Waals surface area contributed by atoms with Gasteiger partial charge >= 0.3 is 12.1 Å². The first kappa shape index (κ1) is 51.6. The number of nitrogens with one attached hydrogen (secondary N) is 1. The van der Waals surface area contributed by atoms with Crippen LogP contribution < -0.4 is 11.1 Å². The minimum atomic E-state index is -2.93. The van der Waals surface area contributed by atoms with E-state index in [4.69, 9.17) is 38.9 Å². The Labute approximate surface area is 371 Å². The van der Waals surface area contributed by atoms with Crippen LogP contribution in [0, 0.1) is 0 Å². The molecule has 362 valence electrons. The molecule has 0 spiro atoms. The van der Waals surface area contributed by atoms with Crippen LogP contribution in [0.5, 0.6) is 0 Å². The second kappa shape index (κ2) is 23.9. The van der Waals surface area contributed by atoms with Crippen molar-refractivity contribution in [3.8, 4) is 0 Å². The summed E-state index contributed by atoms with van der Waals surface area (Å²) >= 11 is 0. The van der Waals surface area contributed by atoms with Crippen LogP contribution in [-0.4, -0.2) is 208 Å². The van der Waals surface area contributed by atoms with Crippen LogP contribution >= 0.6 is 0 Å². The molecule has 25 nitrogen and oxygen atoms in total. The van der Waals surface area contributed by atoms with Gasteiger partial charge in [-0.3, -0.25) is 0 Å². The Hall–Kier alpha value is -4.36. The highest BCUT2D eigenvalue weighted by Crippen LogP contribution is 2.35. The van der Waals surface area contributed by atoms with E-state index in [0.29, 0.717) is 0 Å². The predicted molar refractivity (Wildman–Crippen MR) is 214 cm³/mol. The van der Waals surface area contributed by atoms with Crippen LogP contribution in [-0.2, 0) is 44.6 Å². The monoisotopic (exact) mass is 927 g/mol. The number of aromatic nitrogens is 3. The molecule has 2 fully saturated rings. The fraction of sp³-hybridized carbons (Fsp3) is 0.600. The number of carboxylic acids is 1. The Morgan fingerprint density at radius 2 is 1.60 bits per heavy atom. The average molecular weight is 928 g/mol. The van der Waals surface area contributed by atoms with Gasteiger partial charge in [-0.25, -0.2) is 14.3 Å². The third kappa shape index (κ3) is 13.0. The maximum Gasteiger partial charge on any atom is 0.407 e. The zero-order chi connectivity index (χ0) is 47.4. The Morgan fingerprint density at radius 1 is 0.954 bits per heavy atom. The van der Waals surface area contributed by atoms with Crippen LogP contribution in [0.25, 0.3) is 0 Å². The zero-order valence-corrected chi connectivity index (χ0v) is 35.0. The number of nitrogens with zero attached hydrogens (tertiary/aromatic N) is 3. The van der Waals surface area contributed by atoms with Crippen molar-refractivity contribution >= 4 is 12.1 Å². The fourth-order valence-corrected chi connectivity index (χ4v) is 7.17. The van der Waals surface area contributed by atoms with Gasteiger partial charge in [0.2, 0.25) is 12.6 Å². The van der Waals surface area contributed by atoms with E-state index in [2.05, 4.69) is 15.6 Å². The summed E-state index contributed by atoms with van der Waals surface area (Å²) in [6.45, 7) is -2.16. The molecule has 0 radical (unpaired) electrons. The Morgan fingerprint density at radius 3 is 2.17 bits per heavy atom. The largest absolute Gasteiger partial charge is 0.477 e. The molecule has 0 bridgehead atoms. The van der Waals surface area contributed by atoms with E-state index in [1.807, 2.05) is 60.7 Å². The number of nitrogens with two attached hydrogens (primary N) is 1. The van der Waals surface area contributed by atoms with E-state index in [1.165, 1.54) is 6.92 Å². The first-order valence-electron chi connectivity index (χ1n) is 20.5. The molecule has 0 aliphatic carbocycles. The number of hydrogen-bond acceptors (Lipinski definition) is 22. The summed E-state index contributed by atoms with van der Waals surface area (Å²) in [5, 5.41) is 125. The molecular weight excluding hydrogens is 870 g/mol. The van der Waals surface area contributed by atoms with Crippen molar-refractivity contribution in [2.75, 3.05) is 33.0 Å². The van der Waals surface area contributed by atoms with Crippen molar-refractivity contribution in [2.45, 2.75) is 118 Å². The molecule has 1 amide bonds. The lowest BCUT2D eigenvalue weighted by atomic mass is 9.88. The standard InChI is InChI=1S/C40H57N5O20/c1-20(26(17-47)63-37(35(54)55)59-13-12-41)62-36-33(53)32(52)31(51)27(64-36)19-61-40(38(56)57)14-24(48)28(34(65-40)30(50)25(49)16-46)42-39(58)60-18-23-15-45(44-43-23)29(21-8-4-2-5-9-21)22-10-6-3-7-11-22/h2-11,15,20,24-37,46-55H,12-14,16-19,41H2,1H3,(H,42,58)(H,56,57)/t20-,24+,25+,26?,27?,28?,30+,31?,32?,33?,34?,36?,37?,40+/m0/s1. The average Bonchev–Trinajstić information content (AvgIpc) is 3.77. The van der Waals surface area contributed by atoms with E-state index >= 15 is 0 Å². The number of amides is 1. The maximum atomic E-state index is 13.2. The second-order valence-electron chi connectivity index (χ2n) is 15.3. The summed E-state index contributed by atoms with van der Waals surface area (Å²) in [5.41, 5.74) is 7.37. The zero-order valence-electron chi connectivity index (χ0n) is 35.0. The number of benzene rings is 2. The van der Waals surface area contributed by atoms with Crippen LogP contribution in [0.15, 0.2) is 66.9 Å². The minimum Gasteiger partial charge on any atom is -0.477 e. The number of aliphatic carboxylic acids is 1. The molecule has 2 aliphatic rings. The molecule has 3 heterocycles. The normalized spacial score (nSPS) is 28.3. The molecular formula is C40H57N5O20. The van der Waals surface area contributed by atoms with Gasteiger partial charge in [0, 0.05) is 13.0 Å². The van der Waals surface area contributed by atoms with Crippen molar-refractivity contribution in [3.05, 3.63) is 83.7 Å². The van der Waals surface area contributed by atoms with Crippen molar-refractivity contribution in [2.24, 2.45) is 5.73 Å². The number of hydrogen-bond donors (Lipinski definition) is 13. The number of aliphatic hydroxyl groups is 10. The molecule has 9 unspecified atom stereocenters. The van der Waals surface area contributed by atoms with Gasteiger partial charge in [0.15, 0.2) is 6.29 Å². The van der Waals surface area contributed by atoms with E-state index in [-0.39, 0.29) is 18.8 Å². The van der Waals surface area contributed by atoms with Crippen LogP contribution in [0.2, 0.25) is 0 Å². The SMILES string of the molecule is C[C@H](OC1OC(CO[C@]2(C(=O)O)C[C@@H](O)C(NC(=O)OCc3cn(C(c4ccccc4)c4ccccc4)nn3)C([C@H](O)[C@H](O)CO)O2)C(O)C(O)C1O)C(CO)OC(OCCN)C(O)O. The number of rotatable bonds is 23. The summed E-state index contributed by atoms with van der Waals surface area (Å²) in [6.07, 6.45) is -24.8. The molecule has 1 aromatic heterocycles. The highest BCUT2D eigenvalue weighted by molar-refractivity contribution is 5.76. The molecule has 2 aromatic carbocycles. The van der Waals surface area contributed by atoms with Gasteiger partial charge in [-0.2, -0.15) is 0 Å². The Bertz CT molecular complexity index is 1860. The van der Waals surface area contributed by atoms with Gasteiger partial charge in [-0.15, -0.1) is 5.10 Å². The van der Waals surface area contributed by atoms with Gasteiger partial charge < -0.3 is 100 Å². The minimum absolute atomic E-state index is 0.0150. The third-order valence-electron chi connectivity index (χ3n) is 10.7. The Balaban J connectivity index is 1.26. The van der Waals surface area contributed by atoms with Gasteiger partial charge in [-0.05, 0) is 18.1 Å². The smallest absolute Gasteiger partial charge is 0.407 e. The predicted octanol–water partition coefficient (Wildman–Crippen LogP) is -4.63. The van der Waals surface area contributed by atoms with Gasteiger partial charge in [0.25, 0.3) is 5.79 Å². The first-order valence-corrected chi connectivity index (χ1v) is 20.5. The lowest BCUT2D eigenvalue weighted by Gasteiger charge is -2.47. The quantitative estimate of drug-likeness (QED) is 0.0398. The van der Waals surface area contributed by atoms with E-state index in [9.17, 15) is 65.8 Å². The molecule has 25 heteroatoms. The molecule has 2 aliphatic heterocycles. The van der Waals surface area contributed by atoms with Crippen LogP contribution in [0.1, 0.15) is 36.2 Å². The summed E-state index contributed by atoms with van der Waals surface area (Å²) in [4.78, 5) is 26.0. The number of carboxylic acid groups (broad SMARTS) is 1. The van der Waals surface area contributed by atoms with Crippen molar-refractivity contribution in [1.82, 2.24) is 20.3 Å². The number of carbonyl (C=O) groups is 2. The molecule has 2 saturated heterocycles. The summed E-state index contributed by atoms with van der Waals surface area (Å²) in [7, 11) is 0. The van der Waals surface area contributed by atoms with E-state index in [0.717, 1.165) is 11.1 Å². The number of alkyl carbamates (subject to hydrolysis) is 1. The van der Waals surface area contributed by atoms with Crippen LogP contribution in [0.4, 0.5) is 4.79 Å². The summed E-state index contributed by atoms with van der Waals surface area (Å²) in [5.74, 6) is -4.84. The van der Waals surface area contributed by atoms with Crippen LogP contribution in [0.3, 0.4) is 0 Å². The van der Waals surface area contributed by atoms with E-state index in [1.54, 1.807) is 10.9 Å². The fourth-order valence-electron chi connectivity index (χ4n) is 7.17. The highest BCUT2D eigenvalue weighted by atomic mass is 16.8. The number of aliphatic hydroxyl groups excluding tert-OH is 9. The van der Waals surface area contributed by atoms with Crippen molar-refractivity contribution in [1.29, 1.82) is 0 Å². The number of carbonyl (C=O) groups excluding carboxylic acids is 1. The molecule has 5 rings (SSSR count). The van der Waals surface area contributed by atoms with Gasteiger partial charge in [-0.1, -0.05) is 65.9 Å². The summed E-state index contributed by atoms with van der Waals surface area (Å²) < 4.78 is 40.0. The van der Waals surface area contributed by atoms with E-state index < -0.39 is 143 Å². The van der Waals surface area contributed by atoms with Crippen molar-refractivity contribution < 1.29 is 98.9 Å². The molecule has 14 N–H and O–H groups in total. The maximum absolute atomic E-state index is 13.2. The van der Waals surface area contributed by atoms with Crippen molar-refractivity contribution in [3.63, 3.8) is 0 Å².